The molecule has 0 aliphatic rings. The van der Waals surface area contributed by atoms with Gasteiger partial charge in [-0.1, -0.05) is 41.9 Å². The van der Waals surface area contributed by atoms with Gasteiger partial charge in [0.15, 0.2) is 5.78 Å². The smallest absolute Gasteiger partial charge is 0.294 e. The van der Waals surface area contributed by atoms with Crippen LogP contribution in [0.15, 0.2) is 66.9 Å². The Morgan fingerprint density at radius 2 is 1.68 bits per heavy atom. The number of nitrogens with zero attached hydrogens (tertiary/aromatic N) is 2. The van der Waals surface area contributed by atoms with Gasteiger partial charge in [-0.05, 0) is 41.5 Å². The molecule has 176 valence electrons. The molecule has 0 N–H and O–H groups in total. The second-order valence-electron chi connectivity index (χ2n) is 7.53. The predicted molar refractivity (Wildman–Crippen MR) is 119 cm³/mol. The molecule has 0 bridgehead atoms. The van der Waals surface area contributed by atoms with Crippen molar-refractivity contribution in [2.24, 2.45) is 0 Å². The molecular formula is C23H15ClF4N2O3S. The Morgan fingerprint density at radius 1 is 1.00 bits per heavy atom. The van der Waals surface area contributed by atoms with Gasteiger partial charge in [-0.25, -0.2) is 12.8 Å². The summed E-state index contributed by atoms with van der Waals surface area (Å²) >= 11 is 5.95. The maximum atomic E-state index is 14.1. The van der Waals surface area contributed by atoms with E-state index in [2.05, 4.69) is 5.10 Å². The van der Waals surface area contributed by atoms with E-state index in [0.29, 0.717) is 10.9 Å². The van der Waals surface area contributed by atoms with Gasteiger partial charge in [0.2, 0.25) is 0 Å². The van der Waals surface area contributed by atoms with Gasteiger partial charge >= 0.3 is 6.18 Å². The topological polar surface area (TPSA) is 69.0 Å². The fraction of sp³-hybridized carbons (Fsp3) is 0.130. The van der Waals surface area contributed by atoms with Crippen LogP contribution >= 0.6 is 11.6 Å². The average molecular weight is 511 g/mol. The van der Waals surface area contributed by atoms with Crippen molar-refractivity contribution in [3.8, 4) is 0 Å². The van der Waals surface area contributed by atoms with Crippen LogP contribution in [-0.2, 0) is 28.4 Å². The van der Waals surface area contributed by atoms with Crippen molar-refractivity contribution in [2.45, 2.75) is 18.3 Å². The summed E-state index contributed by atoms with van der Waals surface area (Å²) < 4.78 is 79.0. The van der Waals surface area contributed by atoms with Gasteiger partial charge in [0.05, 0.1) is 33.6 Å². The Kier molecular flexibility index (Phi) is 6.22. The molecule has 0 atom stereocenters. The minimum atomic E-state index is -4.53. The van der Waals surface area contributed by atoms with Crippen LogP contribution in [0.2, 0.25) is 5.02 Å². The molecule has 0 saturated carbocycles. The molecule has 4 aromatic rings. The fourth-order valence-electron chi connectivity index (χ4n) is 3.47. The summed E-state index contributed by atoms with van der Waals surface area (Å²) in [5.74, 6) is -1.93. The lowest BCUT2D eigenvalue weighted by molar-refractivity contribution is -0.137. The number of alkyl halides is 3. The zero-order valence-electron chi connectivity index (χ0n) is 17.2. The number of carbonyl (C=O) groups is 1. The third-order valence-electron chi connectivity index (χ3n) is 5.10. The van der Waals surface area contributed by atoms with Crippen molar-refractivity contribution in [2.75, 3.05) is 0 Å². The molecule has 0 fully saturated rings. The first-order valence-corrected chi connectivity index (χ1v) is 11.8. The predicted octanol–water partition coefficient (Wildman–Crippen LogP) is 5.65. The SMILES string of the molecule is O=C(Cc1ccc2cnn(S(=O)(=O)Cc3ccc(C(F)(F)F)cc3)c2c1)c1c(F)cccc1Cl. The molecule has 0 saturated heterocycles. The number of rotatable bonds is 6. The first-order chi connectivity index (χ1) is 16.0. The lowest BCUT2D eigenvalue weighted by Gasteiger charge is -2.09. The lowest BCUT2D eigenvalue weighted by atomic mass is 10.0. The quantitative estimate of drug-likeness (QED) is 0.248. The number of hydrogen-bond donors (Lipinski definition) is 0. The average Bonchev–Trinajstić information content (AvgIpc) is 3.17. The fourth-order valence-corrected chi connectivity index (χ4v) is 5.13. The molecule has 5 nitrogen and oxygen atoms in total. The van der Waals surface area contributed by atoms with E-state index >= 15 is 0 Å². The summed E-state index contributed by atoms with van der Waals surface area (Å²) in [6, 6.07) is 12.3. The summed E-state index contributed by atoms with van der Waals surface area (Å²) in [4.78, 5) is 12.6. The highest BCUT2D eigenvalue weighted by Crippen LogP contribution is 2.29. The lowest BCUT2D eigenvalue weighted by Crippen LogP contribution is -2.16. The second-order valence-corrected chi connectivity index (χ2v) is 9.73. The molecule has 11 heteroatoms. The largest absolute Gasteiger partial charge is 0.416 e. The Bertz CT molecular complexity index is 1480. The van der Waals surface area contributed by atoms with Crippen molar-refractivity contribution in [1.29, 1.82) is 0 Å². The van der Waals surface area contributed by atoms with E-state index in [0.717, 1.165) is 34.4 Å². The molecule has 0 unspecified atom stereocenters. The Hall–Kier alpha value is -3.24. The van der Waals surface area contributed by atoms with Crippen LogP contribution in [0.4, 0.5) is 17.6 Å². The zero-order valence-corrected chi connectivity index (χ0v) is 18.8. The Balaban J connectivity index is 1.62. The molecule has 0 aliphatic carbocycles. The van der Waals surface area contributed by atoms with E-state index in [1.165, 1.54) is 24.4 Å². The molecule has 0 radical (unpaired) electrons. The number of carbonyl (C=O) groups excluding carboxylic acids is 1. The summed E-state index contributed by atoms with van der Waals surface area (Å²) in [5, 5.41) is 4.35. The van der Waals surface area contributed by atoms with Crippen molar-refractivity contribution in [1.82, 2.24) is 9.19 Å². The zero-order chi connectivity index (χ0) is 24.7. The van der Waals surface area contributed by atoms with Crippen LogP contribution < -0.4 is 0 Å². The van der Waals surface area contributed by atoms with Crippen molar-refractivity contribution in [3.63, 3.8) is 0 Å². The van der Waals surface area contributed by atoms with E-state index in [9.17, 15) is 30.8 Å². The third kappa shape index (κ3) is 4.83. The molecule has 0 spiro atoms. The molecule has 1 heterocycles. The number of halogens is 5. The summed E-state index contributed by atoms with van der Waals surface area (Å²) in [6.07, 6.45) is -3.45. The molecule has 34 heavy (non-hydrogen) atoms. The van der Waals surface area contributed by atoms with Gasteiger partial charge in [0, 0.05) is 11.8 Å². The summed E-state index contributed by atoms with van der Waals surface area (Å²) in [7, 11) is -4.10. The van der Waals surface area contributed by atoms with Gasteiger partial charge in [-0.2, -0.15) is 22.4 Å². The molecule has 3 aromatic carbocycles. The van der Waals surface area contributed by atoms with Gasteiger partial charge in [0.1, 0.15) is 5.82 Å². The van der Waals surface area contributed by atoms with Crippen molar-refractivity contribution in [3.05, 3.63) is 100.0 Å². The van der Waals surface area contributed by atoms with Crippen LogP contribution in [-0.4, -0.2) is 23.4 Å². The molecule has 1 aromatic heterocycles. The summed E-state index contributed by atoms with van der Waals surface area (Å²) in [5.41, 5.74) is -0.410. The first-order valence-electron chi connectivity index (χ1n) is 9.79. The van der Waals surface area contributed by atoms with E-state index in [1.807, 2.05) is 0 Å². The molecule has 4 rings (SSSR count). The van der Waals surface area contributed by atoms with E-state index < -0.39 is 39.1 Å². The normalized spacial score (nSPS) is 12.3. The Morgan fingerprint density at radius 3 is 2.32 bits per heavy atom. The minimum absolute atomic E-state index is 0.0322. The number of aromatic nitrogens is 2. The van der Waals surface area contributed by atoms with Crippen LogP contribution in [0.1, 0.15) is 27.0 Å². The number of benzene rings is 3. The van der Waals surface area contributed by atoms with Gasteiger partial charge in [0.25, 0.3) is 10.0 Å². The first kappa shape index (κ1) is 23.9. The van der Waals surface area contributed by atoms with Gasteiger partial charge < -0.3 is 0 Å². The second kappa shape index (κ2) is 8.84. The number of ketones is 1. The maximum absolute atomic E-state index is 14.1. The van der Waals surface area contributed by atoms with Crippen LogP contribution in [0.25, 0.3) is 10.9 Å². The highest BCUT2D eigenvalue weighted by Gasteiger charge is 2.30. The highest BCUT2D eigenvalue weighted by atomic mass is 35.5. The standard InChI is InChI=1S/C23H15ClF4N2O3S/c24-18-2-1-3-19(25)22(18)21(31)11-15-4-7-16-12-29-30(20(16)10-15)34(32,33)13-14-5-8-17(9-6-14)23(26,27)28/h1-10,12H,11,13H2. The highest BCUT2D eigenvalue weighted by molar-refractivity contribution is 7.89. The number of hydrogen-bond acceptors (Lipinski definition) is 4. The summed E-state index contributed by atoms with van der Waals surface area (Å²) in [6.45, 7) is 0. The number of Topliss-reactive ketones (excluding diaryl/α,β-unsaturated/α-hetero) is 1. The van der Waals surface area contributed by atoms with E-state index in [-0.39, 0.29) is 28.1 Å². The molecule has 0 amide bonds. The van der Waals surface area contributed by atoms with Crippen molar-refractivity contribution < 1.29 is 30.8 Å². The molecule has 0 aliphatic heterocycles. The Labute approximate surface area is 196 Å². The van der Waals surface area contributed by atoms with Gasteiger partial charge in [-0.15, -0.1) is 0 Å². The van der Waals surface area contributed by atoms with E-state index in [1.54, 1.807) is 12.1 Å². The van der Waals surface area contributed by atoms with E-state index in [4.69, 9.17) is 11.6 Å². The third-order valence-corrected chi connectivity index (χ3v) is 6.93. The monoisotopic (exact) mass is 510 g/mol. The number of fused-ring (bicyclic) bond motifs is 1. The van der Waals surface area contributed by atoms with Gasteiger partial charge in [-0.3, -0.25) is 4.79 Å². The van der Waals surface area contributed by atoms with Crippen LogP contribution in [0.5, 0.6) is 0 Å². The van der Waals surface area contributed by atoms with Crippen molar-refractivity contribution >= 4 is 38.3 Å². The molecular weight excluding hydrogens is 496 g/mol. The minimum Gasteiger partial charge on any atom is -0.294 e. The van der Waals surface area contributed by atoms with Crippen LogP contribution in [0.3, 0.4) is 0 Å². The maximum Gasteiger partial charge on any atom is 0.416 e. The van der Waals surface area contributed by atoms with Crippen LogP contribution in [0, 0.1) is 5.82 Å².